The van der Waals surface area contributed by atoms with Gasteiger partial charge in [0.15, 0.2) is 0 Å². The molecule has 0 radical (unpaired) electrons. The Morgan fingerprint density at radius 3 is 2.86 bits per heavy atom. The maximum Gasteiger partial charge on any atom is 0.265 e. The van der Waals surface area contributed by atoms with Crippen molar-refractivity contribution in [2.75, 3.05) is 7.11 Å². The van der Waals surface area contributed by atoms with Crippen molar-refractivity contribution < 1.29 is 14.3 Å². The number of carbonyl (C=O) groups is 1. The van der Waals surface area contributed by atoms with Gasteiger partial charge in [-0.3, -0.25) is 10.2 Å². The first-order chi connectivity index (χ1) is 10.1. The minimum absolute atomic E-state index is 0.239. The number of hydrogen-bond acceptors (Lipinski definition) is 4. The minimum atomic E-state index is -0.307. The summed E-state index contributed by atoms with van der Waals surface area (Å²) < 4.78 is 12.2. The van der Waals surface area contributed by atoms with E-state index in [0.717, 1.165) is 35.7 Å². The van der Waals surface area contributed by atoms with E-state index in [1.165, 1.54) is 0 Å². The Bertz CT molecular complexity index is 496. The third-order valence-corrected chi connectivity index (χ3v) is 4.57. The van der Waals surface area contributed by atoms with E-state index < -0.39 is 0 Å². The van der Waals surface area contributed by atoms with Gasteiger partial charge in [-0.15, -0.1) is 0 Å². The summed E-state index contributed by atoms with van der Waals surface area (Å²) in [5.41, 5.74) is 3.65. The van der Waals surface area contributed by atoms with Gasteiger partial charge in [0.2, 0.25) is 0 Å². The van der Waals surface area contributed by atoms with Crippen molar-refractivity contribution in [3.8, 4) is 0 Å². The highest BCUT2D eigenvalue weighted by atomic mass is 79.9. The average Bonchev–Trinajstić information content (AvgIpc) is 2.53. The van der Waals surface area contributed by atoms with Crippen LogP contribution in [0.25, 0.3) is 0 Å². The average molecular weight is 357 g/mol. The summed E-state index contributed by atoms with van der Waals surface area (Å²) in [5, 5.41) is 0. The number of benzene rings is 1. The minimum Gasteiger partial charge on any atom is -0.381 e. The lowest BCUT2D eigenvalue weighted by Crippen LogP contribution is -2.30. The normalized spacial score (nSPS) is 22.0. The zero-order valence-corrected chi connectivity index (χ0v) is 13.7. The second-order valence-electron chi connectivity index (χ2n) is 5.24. The number of ether oxygens (including phenoxy) is 2. The Labute approximate surface area is 133 Å². The molecule has 1 amide bonds. The van der Waals surface area contributed by atoms with Crippen LogP contribution in [0, 0.1) is 0 Å². The van der Waals surface area contributed by atoms with Crippen molar-refractivity contribution in [1.82, 2.24) is 5.43 Å². The topological polar surface area (TPSA) is 73.6 Å². The van der Waals surface area contributed by atoms with Crippen LogP contribution in [0.4, 0.5) is 0 Å². The van der Waals surface area contributed by atoms with E-state index in [9.17, 15) is 4.79 Å². The van der Waals surface area contributed by atoms with Crippen molar-refractivity contribution in [2.45, 2.75) is 44.5 Å². The Hall–Kier alpha value is -0.950. The molecule has 0 saturated heterocycles. The molecule has 21 heavy (non-hydrogen) atoms. The van der Waals surface area contributed by atoms with Crippen molar-refractivity contribution in [3.05, 3.63) is 33.8 Å². The highest BCUT2D eigenvalue weighted by molar-refractivity contribution is 9.10. The largest absolute Gasteiger partial charge is 0.381 e. The number of methoxy groups -OCH3 is 1. The second-order valence-corrected chi connectivity index (χ2v) is 6.09. The molecule has 1 aliphatic carbocycles. The van der Waals surface area contributed by atoms with Crippen molar-refractivity contribution in [3.63, 3.8) is 0 Å². The fourth-order valence-corrected chi connectivity index (χ4v) is 3.06. The summed E-state index contributed by atoms with van der Waals surface area (Å²) in [6.45, 7) is 0.520. The smallest absolute Gasteiger partial charge is 0.265 e. The van der Waals surface area contributed by atoms with E-state index in [0.29, 0.717) is 18.3 Å². The molecule has 5 nitrogen and oxygen atoms in total. The fraction of sp³-hybridized carbons (Fsp3) is 0.533. The summed E-state index contributed by atoms with van der Waals surface area (Å²) >= 11 is 3.47. The monoisotopic (exact) mass is 356 g/mol. The third kappa shape index (κ3) is 4.51. The first-order valence-electron chi connectivity index (χ1n) is 7.07. The van der Waals surface area contributed by atoms with Gasteiger partial charge >= 0.3 is 0 Å². The number of rotatable bonds is 5. The Morgan fingerprint density at radius 2 is 2.19 bits per heavy atom. The molecule has 1 aromatic rings. The molecular weight excluding hydrogens is 336 g/mol. The molecule has 1 aromatic carbocycles. The van der Waals surface area contributed by atoms with Crippen LogP contribution in [0.15, 0.2) is 22.7 Å². The van der Waals surface area contributed by atoms with E-state index in [1.807, 2.05) is 6.07 Å². The molecule has 2 unspecified atom stereocenters. The summed E-state index contributed by atoms with van der Waals surface area (Å²) in [6.07, 6.45) is 4.82. The van der Waals surface area contributed by atoms with Crippen LogP contribution in [0.3, 0.4) is 0 Å². The molecule has 0 spiro atoms. The fourth-order valence-electron chi connectivity index (χ4n) is 2.56. The lowest BCUT2D eigenvalue weighted by Gasteiger charge is -2.28. The molecule has 0 aromatic heterocycles. The van der Waals surface area contributed by atoms with Gasteiger partial charge < -0.3 is 9.47 Å². The SMILES string of the molecule is COC1CCCC(OCc2ccc(C(=O)NN)cc2Br)C1. The lowest BCUT2D eigenvalue weighted by molar-refractivity contribution is -0.0364. The van der Waals surface area contributed by atoms with Gasteiger partial charge in [0.05, 0.1) is 18.8 Å². The molecule has 1 saturated carbocycles. The third-order valence-electron chi connectivity index (χ3n) is 3.83. The Balaban J connectivity index is 1.92. The number of amides is 1. The van der Waals surface area contributed by atoms with Gasteiger partial charge in [-0.05, 0) is 43.4 Å². The molecule has 116 valence electrons. The van der Waals surface area contributed by atoms with E-state index in [4.69, 9.17) is 15.3 Å². The molecule has 0 heterocycles. The standard InChI is InChI=1S/C15H21BrN2O3/c1-20-12-3-2-4-13(8-12)21-9-11-6-5-10(7-14(11)16)15(19)18-17/h5-7,12-13H,2-4,8-9,17H2,1H3,(H,18,19). The maximum absolute atomic E-state index is 11.4. The highest BCUT2D eigenvalue weighted by Crippen LogP contribution is 2.26. The molecule has 1 fully saturated rings. The predicted octanol–water partition coefficient (Wildman–Crippen LogP) is 2.53. The maximum atomic E-state index is 11.4. The second kappa shape index (κ2) is 7.89. The van der Waals surface area contributed by atoms with Crippen molar-refractivity contribution in [2.24, 2.45) is 5.84 Å². The number of nitrogen functional groups attached to an aromatic ring is 1. The van der Waals surface area contributed by atoms with Crippen LogP contribution < -0.4 is 11.3 Å². The molecule has 6 heteroatoms. The number of hydrogen-bond donors (Lipinski definition) is 2. The van der Waals surface area contributed by atoms with Crippen LogP contribution in [0.5, 0.6) is 0 Å². The first kappa shape index (κ1) is 16.4. The van der Waals surface area contributed by atoms with Crippen LogP contribution in [-0.4, -0.2) is 25.2 Å². The van der Waals surface area contributed by atoms with Crippen LogP contribution in [-0.2, 0) is 16.1 Å². The van der Waals surface area contributed by atoms with E-state index in [1.54, 1.807) is 19.2 Å². The van der Waals surface area contributed by atoms with Crippen molar-refractivity contribution in [1.29, 1.82) is 0 Å². The number of nitrogens with one attached hydrogen (secondary N) is 1. The number of hydrazine groups is 1. The molecule has 0 aliphatic heterocycles. The molecule has 0 bridgehead atoms. The van der Waals surface area contributed by atoms with E-state index >= 15 is 0 Å². The number of nitrogens with two attached hydrogens (primary N) is 1. The Morgan fingerprint density at radius 1 is 1.43 bits per heavy atom. The van der Waals surface area contributed by atoms with Gasteiger partial charge in [-0.25, -0.2) is 5.84 Å². The Kier molecular flexibility index (Phi) is 6.17. The zero-order chi connectivity index (χ0) is 15.2. The van der Waals surface area contributed by atoms with Gasteiger partial charge in [-0.1, -0.05) is 22.0 Å². The molecular formula is C15H21BrN2O3. The summed E-state index contributed by atoms with van der Waals surface area (Å²) in [5.74, 6) is 4.82. The van der Waals surface area contributed by atoms with E-state index in [2.05, 4.69) is 21.4 Å². The van der Waals surface area contributed by atoms with Gasteiger partial charge in [0.25, 0.3) is 5.91 Å². The van der Waals surface area contributed by atoms with Crippen molar-refractivity contribution >= 4 is 21.8 Å². The summed E-state index contributed by atoms with van der Waals surface area (Å²) in [7, 11) is 1.75. The van der Waals surface area contributed by atoms with Gasteiger partial charge in [-0.2, -0.15) is 0 Å². The van der Waals surface area contributed by atoms with Crippen LogP contribution in [0.2, 0.25) is 0 Å². The van der Waals surface area contributed by atoms with Crippen LogP contribution in [0.1, 0.15) is 41.6 Å². The molecule has 2 rings (SSSR count). The summed E-state index contributed by atoms with van der Waals surface area (Å²) in [4.78, 5) is 11.4. The number of halogens is 1. The predicted molar refractivity (Wildman–Crippen MR) is 83.6 cm³/mol. The summed E-state index contributed by atoms with van der Waals surface area (Å²) in [6, 6.07) is 5.37. The zero-order valence-electron chi connectivity index (χ0n) is 12.1. The van der Waals surface area contributed by atoms with Crippen LogP contribution >= 0.6 is 15.9 Å². The molecule has 3 N–H and O–H groups in total. The highest BCUT2D eigenvalue weighted by Gasteiger charge is 2.22. The lowest BCUT2D eigenvalue weighted by atomic mass is 9.95. The molecule has 1 aliphatic rings. The molecule has 2 atom stereocenters. The van der Waals surface area contributed by atoms with Gasteiger partial charge in [0, 0.05) is 17.1 Å². The quantitative estimate of drug-likeness (QED) is 0.483. The first-order valence-corrected chi connectivity index (χ1v) is 7.87. The van der Waals surface area contributed by atoms with Gasteiger partial charge in [0.1, 0.15) is 0 Å². The number of carbonyl (C=O) groups excluding carboxylic acids is 1. The van der Waals surface area contributed by atoms with E-state index in [-0.39, 0.29) is 12.0 Å².